The van der Waals surface area contributed by atoms with E-state index in [1.807, 2.05) is 6.07 Å². The highest BCUT2D eigenvalue weighted by atomic mass is 32.1. The second kappa shape index (κ2) is 7.39. The van der Waals surface area contributed by atoms with Crippen LogP contribution in [0, 0.1) is 0 Å². The Kier molecular flexibility index (Phi) is 4.78. The summed E-state index contributed by atoms with van der Waals surface area (Å²) < 4.78 is 0. The Labute approximate surface area is 163 Å². The molecule has 4 heterocycles. The maximum Gasteiger partial charge on any atom is 0.313 e. The zero-order chi connectivity index (χ0) is 19.7. The van der Waals surface area contributed by atoms with E-state index in [0.717, 1.165) is 34.4 Å². The normalized spacial score (nSPS) is 16.9. The number of nitrogens with zero attached hydrogens (tertiary/aromatic N) is 3. The van der Waals surface area contributed by atoms with Crippen LogP contribution in [0.2, 0.25) is 0 Å². The molecule has 3 amide bonds. The molecule has 4 N–H and O–H groups in total. The van der Waals surface area contributed by atoms with Gasteiger partial charge in [0, 0.05) is 23.0 Å². The van der Waals surface area contributed by atoms with Crippen molar-refractivity contribution < 1.29 is 14.4 Å². The Morgan fingerprint density at radius 3 is 2.86 bits per heavy atom. The van der Waals surface area contributed by atoms with Crippen molar-refractivity contribution in [3.8, 4) is 0 Å². The van der Waals surface area contributed by atoms with Gasteiger partial charge in [0.25, 0.3) is 0 Å². The van der Waals surface area contributed by atoms with E-state index >= 15 is 0 Å². The number of carbonyl (C=O) groups is 3. The smallest absolute Gasteiger partial charge is 0.313 e. The van der Waals surface area contributed by atoms with Crippen LogP contribution in [0.25, 0.3) is 10.2 Å². The number of hydrogen-bond acceptors (Lipinski definition) is 6. The molecular weight excluding hydrogens is 380 g/mol. The van der Waals surface area contributed by atoms with Gasteiger partial charge in [-0.05, 0) is 31.4 Å². The van der Waals surface area contributed by atoms with Crippen molar-refractivity contribution in [2.24, 2.45) is 5.73 Å². The lowest BCUT2D eigenvalue weighted by molar-refractivity contribution is -0.145. The van der Waals surface area contributed by atoms with Gasteiger partial charge in [0.05, 0.1) is 29.7 Å². The van der Waals surface area contributed by atoms with Crippen molar-refractivity contribution in [1.82, 2.24) is 20.1 Å². The third kappa shape index (κ3) is 3.46. The molecular formula is C18H18N6O3S. The Hall–Kier alpha value is -3.27. The minimum atomic E-state index is -0.765. The molecule has 4 rings (SSSR count). The van der Waals surface area contributed by atoms with E-state index in [4.69, 9.17) is 5.73 Å². The number of anilines is 1. The van der Waals surface area contributed by atoms with E-state index in [-0.39, 0.29) is 17.3 Å². The summed E-state index contributed by atoms with van der Waals surface area (Å²) in [4.78, 5) is 44.1. The number of carbonyl (C=O) groups excluding carboxylic acids is 3. The number of rotatable bonds is 3. The first-order valence-electron chi connectivity index (χ1n) is 8.82. The van der Waals surface area contributed by atoms with Crippen LogP contribution in [0.3, 0.4) is 0 Å². The fourth-order valence-corrected chi connectivity index (χ4v) is 4.49. The molecule has 0 saturated carbocycles. The van der Waals surface area contributed by atoms with Gasteiger partial charge in [-0.2, -0.15) is 5.10 Å². The molecule has 28 heavy (non-hydrogen) atoms. The molecule has 0 bridgehead atoms. The molecule has 1 fully saturated rings. The predicted molar refractivity (Wildman–Crippen MR) is 104 cm³/mol. The highest BCUT2D eigenvalue weighted by Crippen LogP contribution is 2.37. The van der Waals surface area contributed by atoms with E-state index in [1.54, 1.807) is 22.4 Å². The van der Waals surface area contributed by atoms with E-state index in [9.17, 15) is 14.4 Å². The number of piperidine rings is 1. The Balaban J connectivity index is 1.53. The number of fused-ring (bicyclic) bond motifs is 1. The van der Waals surface area contributed by atoms with Crippen LogP contribution in [0.15, 0.2) is 30.7 Å². The largest absolute Gasteiger partial charge is 0.366 e. The fraction of sp³-hybridized carbons (Fsp3) is 0.278. The molecule has 1 saturated heterocycles. The second-order valence-electron chi connectivity index (χ2n) is 6.59. The molecule has 0 aromatic carbocycles. The van der Waals surface area contributed by atoms with Crippen molar-refractivity contribution in [1.29, 1.82) is 0 Å². The summed E-state index contributed by atoms with van der Waals surface area (Å²) in [5.41, 5.74) is 5.63. The number of likely N-dealkylation sites (tertiary alicyclic amines) is 1. The average Bonchev–Trinajstić information content (AvgIpc) is 3.29. The van der Waals surface area contributed by atoms with E-state index in [1.165, 1.54) is 18.5 Å². The van der Waals surface area contributed by atoms with Gasteiger partial charge in [-0.3, -0.25) is 24.5 Å². The molecule has 0 aliphatic carbocycles. The lowest BCUT2D eigenvalue weighted by Crippen LogP contribution is -2.44. The predicted octanol–water partition coefficient (Wildman–Crippen LogP) is 1.81. The Bertz CT molecular complexity index is 1030. The number of nitrogens with two attached hydrogens (primary N) is 1. The monoisotopic (exact) mass is 398 g/mol. The van der Waals surface area contributed by atoms with Crippen molar-refractivity contribution in [2.45, 2.75) is 25.3 Å². The van der Waals surface area contributed by atoms with Crippen LogP contribution in [0.4, 0.5) is 5.69 Å². The maximum absolute atomic E-state index is 12.8. The number of nitrogens with one attached hydrogen (secondary N) is 2. The minimum absolute atomic E-state index is 0.145. The van der Waals surface area contributed by atoms with Crippen LogP contribution in [0.1, 0.15) is 40.5 Å². The van der Waals surface area contributed by atoms with Crippen LogP contribution >= 0.6 is 11.3 Å². The van der Waals surface area contributed by atoms with E-state index < -0.39 is 17.7 Å². The zero-order valence-corrected chi connectivity index (χ0v) is 15.7. The van der Waals surface area contributed by atoms with Crippen LogP contribution in [0.5, 0.6) is 0 Å². The van der Waals surface area contributed by atoms with Gasteiger partial charge in [0.15, 0.2) is 0 Å². The number of H-pyrrole nitrogens is 1. The molecule has 1 aliphatic rings. The molecule has 3 aromatic heterocycles. The average molecular weight is 398 g/mol. The second-order valence-corrected chi connectivity index (χ2v) is 7.68. The molecule has 9 nitrogen and oxygen atoms in total. The highest BCUT2D eigenvalue weighted by molar-refractivity contribution is 7.18. The number of primary amides is 1. The third-order valence-electron chi connectivity index (χ3n) is 4.72. The molecule has 0 spiro atoms. The summed E-state index contributed by atoms with van der Waals surface area (Å²) in [6, 6.07) is 3.26. The van der Waals surface area contributed by atoms with E-state index in [2.05, 4.69) is 20.5 Å². The molecule has 144 valence electrons. The quantitative estimate of drug-likeness (QED) is 0.579. The number of hydrogen-bond donors (Lipinski definition) is 3. The van der Waals surface area contributed by atoms with Crippen LogP contribution in [-0.4, -0.2) is 44.3 Å². The topological polar surface area (TPSA) is 134 Å². The molecule has 0 unspecified atom stereocenters. The fourth-order valence-electron chi connectivity index (χ4n) is 3.36. The maximum atomic E-state index is 12.8. The molecule has 10 heteroatoms. The zero-order valence-electron chi connectivity index (χ0n) is 14.8. The molecule has 1 atom stereocenters. The summed E-state index contributed by atoms with van der Waals surface area (Å²) in [6.45, 7) is 0.514. The van der Waals surface area contributed by atoms with Crippen LogP contribution in [-0.2, 0) is 9.59 Å². The number of aromatic nitrogens is 3. The lowest BCUT2D eigenvalue weighted by atomic mass is 10.0. The van der Waals surface area contributed by atoms with Gasteiger partial charge in [-0.1, -0.05) is 0 Å². The summed E-state index contributed by atoms with van der Waals surface area (Å²) in [6.07, 6.45) is 7.04. The number of pyridine rings is 1. The van der Waals surface area contributed by atoms with Gasteiger partial charge in [0.1, 0.15) is 4.83 Å². The Morgan fingerprint density at radius 2 is 2.07 bits per heavy atom. The summed E-state index contributed by atoms with van der Waals surface area (Å²) >= 11 is 1.55. The van der Waals surface area contributed by atoms with Gasteiger partial charge in [-0.15, -0.1) is 11.3 Å². The first kappa shape index (κ1) is 18.1. The summed E-state index contributed by atoms with van der Waals surface area (Å²) in [7, 11) is 0. The van der Waals surface area contributed by atoms with Gasteiger partial charge in [-0.25, -0.2) is 0 Å². The number of aromatic amines is 1. The SMILES string of the molecule is NC(=O)c1cncc(NC(=O)C(=O)N2CCCC[C@H]2c2cc3cn[nH]c3s2)c1. The van der Waals surface area contributed by atoms with Crippen LogP contribution < -0.4 is 11.1 Å². The Morgan fingerprint density at radius 1 is 1.21 bits per heavy atom. The van der Waals surface area contributed by atoms with Gasteiger partial charge >= 0.3 is 11.8 Å². The highest BCUT2D eigenvalue weighted by Gasteiger charge is 2.33. The molecule has 1 aliphatic heterocycles. The molecule has 0 radical (unpaired) electrons. The lowest BCUT2D eigenvalue weighted by Gasteiger charge is -2.34. The number of thiophene rings is 1. The van der Waals surface area contributed by atoms with E-state index in [0.29, 0.717) is 6.54 Å². The van der Waals surface area contributed by atoms with Gasteiger partial charge < -0.3 is 16.0 Å². The third-order valence-corrected chi connectivity index (χ3v) is 5.87. The summed E-state index contributed by atoms with van der Waals surface area (Å²) in [5, 5.41) is 10.4. The van der Waals surface area contributed by atoms with Crippen molar-refractivity contribution in [3.63, 3.8) is 0 Å². The number of amides is 3. The molecule has 3 aromatic rings. The van der Waals surface area contributed by atoms with Crippen molar-refractivity contribution in [3.05, 3.63) is 41.2 Å². The minimum Gasteiger partial charge on any atom is -0.366 e. The van der Waals surface area contributed by atoms with Gasteiger partial charge in [0.2, 0.25) is 5.91 Å². The standard InChI is InChI=1S/C18H18N6O3S/c19-15(25)10-5-12(9-20-7-10)22-16(26)18(27)24-4-2-1-3-13(24)14-6-11-8-21-23-17(11)28-14/h5-9,13H,1-4H2,(H2,19,25)(H,21,23)(H,22,26)/t13-/m0/s1. The van der Waals surface area contributed by atoms with Crippen molar-refractivity contribution in [2.75, 3.05) is 11.9 Å². The van der Waals surface area contributed by atoms with Crippen molar-refractivity contribution >= 4 is 45.0 Å². The first-order chi connectivity index (χ1) is 13.5. The summed E-state index contributed by atoms with van der Waals surface area (Å²) in [5.74, 6) is -2.03. The first-order valence-corrected chi connectivity index (χ1v) is 9.64.